The zero-order valence-corrected chi connectivity index (χ0v) is 20.0. The van der Waals surface area contributed by atoms with E-state index in [4.69, 9.17) is 15.2 Å². The van der Waals surface area contributed by atoms with Gasteiger partial charge in [-0.05, 0) is 54.8 Å². The number of nitrogens with two attached hydrogens (primary N) is 1. The van der Waals surface area contributed by atoms with Crippen LogP contribution in [0.5, 0.6) is 11.5 Å². The van der Waals surface area contributed by atoms with Crippen LogP contribution in [0.2, 0.25) is 0 Å². The SMILES string of the molecule is NC(=O)C(Cc1ccc(Oc2ccc(F)cc2)cc1)NC(=O)CN1CCN(C(=O)C2CCCO2)CC1. The smallest absolute Gasteiger partial charge is 0.251 e. The minimum Gasteiger partial charge on any atom is -0.457 e. The average Bonchev–Trinajstić information content (AvgIpc) is 3.41. The highest BCUT2D eigenvalue weighted by atomic mass is 19.1. The fraction of sp³-hybridized carbons (Fsp3) is 0.423. The van der Waals surface area contributed by atoms with E-state index in [2.05, 4.69) is 5.32 Å². The summed E-state index contributed by atoms with van der Waals surface area (Å²) in [6, 6.07) is 11.9. The molecule has 0 spiro atoms. The Morgan fingerprint density at radius 1 is 1.03 bits per heavy atom. The van der Waals surface area contributed by atoms with Crippen molar-refractivity contribution in [2.24, 2.45) is 5.73 Å². The second kappa shape index (κ2) is 12.0. The number of nitrogens with one attached hydrogen (secondary N) is 1. The number of hydrogen-bond acceptors (Lipinski definition) is 6. The van der Waals surface area contributed by atoms with Crippen molar-refractivity contribution in [3.8, 4) is 11.5 Å². The Morgan fingerprint density at radius 3 is 2.25 bits per heavy atom. The van der Waals surface area contributed by atoms with E-state index in [9.17, 15) is 18.8 Å². The van der Waals surface area contributed by atoms with Gasteiger partial charge in [-0.3, -0.25) is 19.3 Å². The fourth-order valence-electron chi connectivity index (χ4n) is 4.34. The predicted molar refractivity (Wildman–Crippen MR) is 130 cm³/mol. The van der Waals surface area contributed by atoms with E-state index in [-0.39, 0.29) is 36.7 Å². The molecule has 2 fully saturated rings. The molecule has 9 nitrogen and oxygen atoms in total. The Balaban J connectivity index is 1.23. The van der Waals surface area contributed by atoms with Crippen molar-refractivity contribution in [1.82, 2.24) is 15.1 Å². The number of benzene rings is 2. The third-order valence-corrected chi connectivity index (χ3v) is 6.35. The number of hydrogen-bond donors (Lipinski definition) is 2. The largest absolute Gasteiger partial charge is 0.457 e. The molecule has 0 aromatic heterocycles. The van der Waals surface area contributed by atoms with Gasteiger partial charge in [-0.25, -0.2) is 4.39 Å². The lowest BCUT2D eigenvalue weighted by Gasteiger charge is -2.35. The van der Waals surface area contributed by atoms with E-state index < -0.39 is 11.9 Å². The Bertz CT molecular complexity index is 1050. The Labute approximate surface area is 209 Å². The monoisotopic (exact) mass is 498 g/mol. The average molecular weight is 499 g/mol. The quantitative estimate of drug-likeness (QED) is 0.541. The van der Waals surface area contributed by atoms with Crippen molar-refractivity contribution in [3.05, 3.63) is 59.9 Å². The van der Waals surface area contributed by atoms with Gasteiger partial charge in [0.1, 0.15) is 29.5 Å². The molecule has 4 rings (SSSR count). The Morgan fingerprint density at radius 2 is 1.67 bits per heavy atom. The lowest BCUT2D eigenvalue weighted by atomic mass is 10.1. The number of carbonyl (C=O) groups is 3. The molecule has 0 bridgehead atoms. The Kier molecular flexibility index (Phi) is 8.50. The summed E-state index contributed by atoms with van der Waals surface area (Å²) in [6.07, 6.45) is 1.58. The number of carbonyl (C=O) groups excluding carboxylic acids is 3. The first kappa shape index (κ1) is 25.6. The highest BCUT2D eigenvalue weighted by molar-refractivity contribution is 5.87. The number of halogens is 1. The van der Waals surface area contributed by atoms with E-state index >= 15 is 0 Å². The molecular formula is C26H31FN4O5. The van der Waals surface area contributed by atoms with E-state index in [1.54, 1.807) is 29.2 Å². The van der Waals surface area contributed by atoms with Gasteiger partial charge in [-0.15, -0.1) is 0 Å². The molecule has 2 aliphatic rings. The van der Waals surface area contributed by atoms with Crippen molar-refractivity contribution in [3.63, 3.8) is 0 Å². The molecule has 2 saturated heterocycles. The van der Waals surface area contributed by atoms with E-state index in [1.165, 1.54) is 24.3 Å². The van der Waals surface area contributed by atoms with Crippen LogP contribution in [0.1, 0.15) is 18.4 Å². The summed E-state index contributed by atoms with van der Waals surface area (Å²) in [5.74, 6) is -0.176. The molecule has 3 amide bonds. The zero-order valence-electron chi connectivity index (χ0n) is 20.0. The summed E-state index contributed by atoms with van der Waals surface area (Å²) < 4.78 is 24.2. The van der Waals surface area contributed by atoms with Crippen LogP contribution in [0, 0.1) is 5.82 Å². The molecule has 10 heteroatoms. The summed E-state index contributed by atoms with van der Waals surface area (Å²) in [5, 5.41) is 2.73. The van der Waals surface area contributed by atoms with Gasteiger partial charge in [0.05, 0.1) is 6.54 Å². The number of primary amides is 1. The highest BCUT2D eigenvalue weighted by Crippen LogP contribution is 2.22. The lowest BCUT2D eigenvalue weighted by molar-refractivity contribution is -0.143. The normalized spacial score (nSPS) is 19.0. The molecule has 2 heterocycles. The molecule has 3 N–H and O–H groups in total. The minimum atomic E-state index is -0.858. The summed E-state index contributed by atoms with van der Waals surface area (Å²) in [6.45, 7) is 2.97. The van der Waals surface area contributed by atoms with Gasteiger partial charge in [-0.1, -0.05) is 12.1 Å². The van der Waals surface area contributed by atoms with E-state index in [0.717, 1.165) is 18.4 Å². The van der Waals surface area contributed by atoms with Crippen LogP contribution < -0.4 is 15.8 Å². The van der Waals surface area contributed by atoms with Crippen molar-refractivity contribution in [1.29, 1.82) is 0 Å². The minimum absolute atomic E-state index is 0.0273. The summed E-state index contributed by atoms with van der Waals surface area (Å²) in [4.78, 5) is 40.8. The number of ether oxygens (including phenoxy) is 2. The van der Waals surface area contributed by atoms with E-state index in [0.29, 0.717) is 44.3 Å². The van der Waals surface area contributed by atoms with Crippen LogP contribution in [0.25, 0.3) is 0 Å². The highest BCUT2D eigenvalue weighted by Gasteiger charge is 2.31. The van der Waals surface area contributed by atoms with Crippen LogP contribution in [-0.4, -0.2) is 79.0 Å². The van der Waals surface area contributed by atoms with Gasteiger partial charge < -0.3 is 25.4 Å². The first-order valence-electron chi connectivity index (χ1n) is 12.1. The molecule has 2 aromatic carbocycles. The fourth-order valence-corrected chi connectivity index (χ4v) is 4.34. The molecule has 192 valence electrons. The zero-order chi connectivity index (χ0) is 25.5. The second-order valence-corrected chi connectivity index (χ2v) is 9.03. The van der Waals surface area contributed by atoms with Crippen molar-refractivity contribution in [2.75, 3.05) is 39.3 Å². The van der Waals surface area contributed by atoms with Gasteiger partial charge in [0.25, 0.3) is 5.91 Å². The third kappa shape index (κ3) is 7.02. The lowest BCUT2D eigenvalue weighted by Crippen LogP contribution is -2.54. The maximum Gasteiger partial charge on any atom is 0.251 e. The molecule has 36 heavy (non-hydrogen) atoms. The molecule has 0 aliphatic carbocycles. The molecule has 2 atom stereocenters. The standard InChI is InChI=1S/C26H31FN4O5/c27-19-5-9-21(10-6-19)36-20-7-3-18(4-8-20)16-22(25(28)33)29-24(32)17-30-11-13-31(14-12-30)26(34)23-2-1-15-35-23/h3-10,22-23H,1-2,11-17H2,(H2,28,33)(H,29,32). The molecule has 2 unspecified atom stereocenters. The molecule has 2 aromatic rings. The second-order valence-electron chi connectivity index (χ2n) is 9.03. The summed E-state index contributed by atoms with van der Waals surface area (Å²) >= 11 is 0. The van der Waals surface area contributed by atoms with Crippen LogP contribution >= 0.6 is 0 Å². The van der Waals surface area contributed by atoms with Crippen molar-refractivity contribution in [2.45, 2.75) is 31.4 Å². The predicted octanol–water partition coefficient (Wildman–Crippen LogP) is 1.45. The van der Waals surface area contributed by atoms with Gasteiger partial charge in [-0.2, -0.15) is 0 Å². The first-order chi connectivity index (χ1) is 17.4. The maximum atomic E-state index is 13.0. The van der Waals surface area contributed by atoms with Gasteiger partial charge in [0.2, 0.25) is 11.8 Å². The van der Waals surface area contributed by atoms with Gasteiger partial charge in [0.15, 0.2) is 0 Å². The molecule has 0 saturated carbocycles. The Hall–Kier alpha value is -3.50. The number of nitrogens with zero attached hydrogens (tertiary/aromatic N) is 2. The molecule has 2 aliphatic heterocycles. The van der Waals surface area contributed by atoms with Crippen molar-refractivity contribution >= 4 is 17.7 Å². The van der Waals surface area contributed by atoms with Gasteiger partial charge >= 0.3 is 0 Å². The van der Waals surface area contributed by atoms with Crippen LogP contribution in [-0.2, 0) is 25.5 Å². The number of amides is 3. The first-order valence-corrected chi connectivity index (χ1v) is 12.1. The number of rotatable bonds is 9. The van der Waals surface area contributed by atoms with Gasteiger partial charge in [0, 0.05) is 39.2 Å². The summed E-state index contributed by atoms with van der Waals surface area (Å²) in [7, 11) is 0. The van der Waals surface area contributed by atoms with Crippen LogP contribution in [0.3, 0.4) is 0 Å². The van der Waals surface area contributed by atoms with Crippen LogP contribution in [0.4, 0.5) is 4.39 Å². The maximum absolute atomic E-state index is 13.0. The van der Waals surface area contributed by atoms with E-state index in [1.807, 2.05) is 4.90 Å². The molecule has 0 radical (unpaired) electrons. The van der Waals surface area contributed by atoms with Crippen molar-refractivity contribution < 1.29 is 28.2 Å². The number of piperazine rings is 1. The van der Waals surface area contributed by atoms with Crippen LogP contribution in [0.15, 0.2) is 48.5 Å². The molecular weight excluding hydrogens is 467 g/mol. The third-order valence-electron chi connectivity index (χ3n) is 6.35. The summed E-state index contributed by atoms with van der Waals surface area (Å²) in [5.41, 5.74) is 6.34. The topological polar surface area (TPSA) is 114 Å².